The van der Waals surface area contributed by atoms with Crippen molar-refractivity contribution in [3.8, 4) is 11.5 Å². The number of carboxylic acids is 1. The molecular formula is C40H39Cl2F3N3O9S+. The van der Waals surface area contributed by atoms with Crippen LogP contribution < -0.4 is 18.9 Å². The van der Waals surface area contributed by atoms with E-state index >= 15 is 0 Å². The quantitative estimate of drug-likeness (QED) is 0.0624. The van der Waals surface area contributed by atoms with Crippen LogP contribution in [-0.2, 0) is 26.0 Å². The molecular weight excluding hydrogens is 826 g/mol. The van der Waals surface area contributed by atoms with Crippen LogP contribution in [0.25, 0.3) is 0 Å². The lowest BCUT2D eigenvalue weighted by Gasteiger charge is -2.44. The molecule has 1 saturated carbocycles. The molecule has 58 heavy (non-hydrogen) atoms. The predicted molar refractivity (Wildman–Crippen MR) is 203 cm³/mol. The first-order valence-corrected chi connectivity index (χ1v) is 20.8. The Hall–Kier alpha value is -4.61. The van der Waals surface area contributed by atoms with Crippen LogP contribution in [0.15, 0.2) is 78.0 Å². The van der Waals surface area contributed by atoms with Crippen LogP contribution >= 0.6 is 23.2 Å². The fraction of sp³-hybridized carbons (Fsp3) is 0.375. The fourth-order valence-electron chi connectivity index (χ4n) is 7.50. The van der Waals surface area contributed by atoms with Gasteiger partial charge in [-0.1, -0.05) is 41.4 Å². The molecule has 4 aliphatic rings. The molecule has 308 valence electrons. The van der Waals surface area contributed by atoms with Gasteiger partial charge in [-0.15, -0.1) is 0 Å². The number of carbonyl (C=O) groups is 2. The Morgan fingerprint density at radius 1 is 0.948 bits per heavy atom. The van der Waals surface area contributed by atoms with Crippen molar-refractivity contribution in [2.75, 3.05) is 26.2 Å². The first-order chi connectivity index (χ1) is 27.6. The van der Waals surface area contributed by atoms with Crippen LogP contribution in [0.4, 0.5) is 13.2 Å². The summed E-state index contributed by atoms with van der Waals surface area (Å²) in [6.45, 7) is -0.776. The fourth-order valence-corrected chi connectivity index (χ4v) is 9.31. The van der Waals surface area contributed by atoms with Gasteiger partial charge in [-0.05, 0) is 116 Å². The van der Waals surface area contributed by atoms with Gasteiger partial charge in [0.2, 0.25) is 22.4 Å². The minimum Gasteiger partial charge on any atom is -0.489 e. The molecule has 3 aromatic carbocycles. The van der Waals surface area contributed by atoms with E-state index in [4.69, 9.17) is 37.4 Å². The van der Waals surface area contributed by atoms with E-state index in [0.717, 1.165) is 81.5 Å². The molecule has 18 heteroatoms. The average Bonchev–Trinajstić information content (AvgIpc) is 4.01. The maximum atomic E-state index is 14.5. The zero-order valence-corrected chi connectivity index (χ0v) is 33.0. The van der Waals surface area contributed by atoms with Crippen molar-refractivity contribution in [3.05, 3.63) is 117 Å². The molecule has 2 bridgehead atoms. The Labute approximate surface area is 342 Å². The maximum Gasteiger partial charge on any atom is 0.387 e. The van der Waals surface area contributed by atoms with Crippen molar-refractivity contribution in [1.29, 1.82) is 0 Å². The van der Waals surface area contributed by atoms with Gasteiger partial charge in [0, 0.05) is 22.8 Å². The largest absolute Gasteiger partial charge is 0.489 e. The van der Waals surface area contributed by atoms with Gasteiger partial charge >= 0.3 is 18.6 Å². The summed E-state index contributed by atoms with van der Waals surface area (Å²) in [5.74, 6) is -4.23. The van der Waals surface area contributed by atoms with E-state index in [1.54, 1.807) is 0 Å². The number of fused-ring (bicyclic) bond motifs is 3. The van der Waals surface area contributed by atoms with Gasteiger partial charge in [-0.25, -0.2) is 22.4 Å². The second-order valence-corrected chi connectivity index (χ2v) is 17.2. The van der Waals surface area contributed by atoms with Crippen LogP contribution in [-0.4, -0.2) is 74.5 Å². The van der Waals surface area contributed by atoms with Gasteiger partial charge in [0.25, 0.3) is 0 Å². The van der Waals surface area contributed by atoms with Gasteiger partial charge in [-0.3, -0.25) is 10.1 Å². The van der Waals surface area contributed by atoms with E-state index in [0.29, 0.717) is 11.3 Å². The zero-order chi connectivity index (χ0) is 41.3. The van der Waals surface area contributed by atoms with Crippen molar-refractivity contribution in [2.45, 2.75) is 61.7 Å². The lowest BCUT2D eigenvalue weighted by molar-refractivity contribution is -0.904. The molecule has 3 atom stereocenters. The van der Waals surface area contributed by atoms with Crippen molar-refractivity contribution in [3.63, 3.8) is 0 Å². The van der Waals surface area contributed by atoms with E-state index < -0.39 is 57.3 Å². The standard InChI is InChI=1S/C40H38Cl2F3N3O9S/c41-32-18-48(52)19-33(42)31(32)17-29(24-6-9-34(57-40(44)45)35(15-24)55-21-22-4-5-22)30-16-27(7-8-28(30)38(49)50)58(53,54)46-37(25-2-1-3-26(43)14-25)39(51)56-36-20-47-12-10-23(36)11-13-47/h1-3,6-9,14-16,18-19,22-23,29,36-37,40,46H,4-5,10-13,17,20-21H2,(H-,49,50,52)/p+1/t29-,36-,37?/m0/s1. The summed E-state index contributed by atoms with van der Waals surface area (Å²) >= 11 is 13.0. The van der Waals surface area contributed by atoms with Crippen molar-refractivity contribution in [2.24, 2.45) is 11.8 Å². The summed E-state index contributed by atoms with van der Waals surface area (Å²) in [5.41, 5.74) is 0.0898. The van der Waals surface area contributed by atoms with E-state index in [9.17, 15) is 41.5 Å². The number of aromatic carboxylic acids is 1. The molecule has 3 aliphatic heterocycles. The SMILES string of the molecule is O=C(O)c1ccc(S(=O)(=O)NC(C(=O)O[C@H]2CN3CCC2CC3)c2cccc(F)c2)cc1[C@@H](Cc1c(Cl)c[n+](O)cc1Cl)c1ccc(OC(F)F)c(OCC2CC2)c1. The van der Waals surface area contributed by atoms with E-state index in [-0.39, 0.29) is 74.2 Å². The number of pyridine rings is 1. The minimum absolute atomic E-state index is 0.0191. The second kappa shape index (κ2) is 17.3. The predicted octanol–water partition coefficient (Wildman–Crippen LogP) is 6.78. The number of alkyl halides is 2. The highest BCUT2D eigenvalue weighted by Gasteiger charge is 2.39. The summed E-state index contributed by atoms with van der Waals surface area (Å²) in [6.07, 6.45) is 5.00. The maximum absolute atomic E-state index is 14.5. The third-order valence-corrected chi connectivity index (χ3v) is 12.8. The third-order valence-electron chi connectivity index (χ3n) is 10.7. The van der Waals surface area contributed by atoms with Crippen LogP contribution in [0.1, 0.15) is 70.3 Å². The number of carbonyl (C=O) groups excluding carboxylic acids is 1. The number of aromatic nitrogens is 1. The van der Waals surface area contributed by atoms with Crippen molar-refractivity contribution >= 4 is 45.2 Å². The molecule has 0 radical (unpaired) electrons. The first kappa shape index (κ1) is 41.5. The van der Waals surface area contributed by atoms with Crippen molar-refractivity contribution in [1.82, 2.24) is 9.62 Å². The normalized spacial score (nSPS) is 20.1. The molecule has 1 unspecified atom stereocenters. The van der Waals surface area contributed by atoms with Gasteiger partial charge < -0.3 is 19.3 Å². The number of esters is 1. The molecule has 3 N–H and O–H groups in total. The summed E-state index contributed by atoms with van der Waals surface area (Å²) in [4.78, 5) is 28.4. The van der Waals surface area contributed by atoms with Gasteiger partial charge in [0.1, 0.15) is 28.0 Å². The van der Waals surface area contributed by atoms with Crippen LogP contribution in [0.3, 0.4) is 0 Å². The lowest BCUT2D eigenvalue weighted by Crippen LogP contribution is -2.52. The Balaban J connectivity index is 1.30. The smallest absolute Gasteiger partial charge is 0.387 e. The highest BCUT2D eigenvalue weighted by Crippen LogP contribution is 2.41. The van der Waals surface area contributed by atoms with Gasteiger partial charge in [-0.2, -0.15) is 13.5 Å². The van der Waals surface area contributed by atoms with Gasteiger partial charge in [0.05, 0.1) is 17.1 Å². The molecule has 1 aromatic heterocycles. The number of carboxylic acid groups (broad SMARTS) is 1. The molecule has 1 aliphatic carbocycles. The molecule has 8 rings (SSSR count). The third kappa shape index (κ3) is 9.63. The Bertz CT molecular complexity index is 2290. The zero-order valence-electron chi connectivity index (χ0n) is 30.7. The molecule has 3 saturated heterocycles. The minimum atomic E-state index is -4.72. The number of hydrogen-bond donors (Lipinski definition) is 3. The first-order valence-electron chi connectivity index (χ1n) is 18.5. The van der Waals surface area contributed by atoms with Crippen LogP contribution in [0.5, 0.6) is 11.5 Å². The number of rotatable bonds is 16. The monoisotopic (exact) mass is 864 g/mol. The van der Waals surface area contributed by atoms with Crippen LogP contribution in [0, 0.1) is 17.7 Å². The highest BCUT2D eigenvalue weighted by atomic mass is 35.5. The number of nitrogens with one attached hydrogen (secondary N) is 1. The van der Waals surface area contributed by atoms with E-state index in [1.165, 1.54) is 30.3 Å². The van der Waals surface area contributed by atoms with E-state index in [1.807, 2.05) is 0 Å². The number of sulfonamides is 1. The summed E-state index contributed by atoms with van der Waals surface area (Å²) in [6, 6.07) is 10.5. The Kier molecular flexibility index (Phi) is 12.4. The lowest BCUT2D eigenvalue weighted by atomic mass is 9.83. The van der Waals surface area contributed by atoms with Gasteiger partial charge in [0.15, 0.2) is 11.5 Å². The molecule has 12 nitrogen and oxygen atoms in total. The second-order valence-electron chi connectivity index (χ2n) is 14.7. The number of halogens is 5. The molecule has 4 fully saturated rings. The summed E-state index contributed by atoms with van der Waals surface area (Å²) in [7, 11) is -4.72. The number of nitrogens with zero attached hydrogens (tertiary/aromatic N) is 2. The average molecular weight is 866 g/mol. The Morgan fingerprint density at radius 3 is 2.29 bits per heavy atom. The molecule has 4 aromatic rings. The summed E-state index contributed by atoms with van der Waals surface area (Å²) in [5, 5.41) is 20.4. The molecule has 0 spiro atoms. The number of ether oxygens (including phenoxy) is 3. The molecule has 0 amide bonds. The van der Waals surface area contributed by atoms with Crippen LogP contribution in [0.2, 0.25) is 10.0 Å². The number of piperidine rings is 3. The highest BCUT2D eigenvalue weighted by molar-refractivity contribution is 7.89. The van der Waals surface area contributed by atoms with E-state index in [2.05, 4.69) is 9.62 Å². The number of benzene rings is 3. The summed E-state index contributed by atoms with van der Waals surface area (Å²) < 4.78 is 89.6. The molecule has 4 heterocycles. The van der Waals surface area contributed by atoms with Crippen molar-refractivity contribution < 1.29 is 60.4 Å². The number of hydrogen-bond acceptors (Lipinski definition) is 9. The topological polar surface area (TPSA) is 156 Å². The Morgan fingerprint density at radius 2 is 1.67 bits per heavy atom.